The van der Waals surface area contributed by atoms with Crippen molar-refractivity contribution in [1.29, 1.82) is 0 Å². The van der Waals surface area contributed by atoms with Crippen molar-refractivity contribution < 1.29 is 13.9 Å². The molecule has 0 aliphatic heterocycles. The molecule has 0 heterocycles. The number of hydrogen-bond acceptors (Lipinski definition) is 3. The molecule has 0 saturated heterocycles. The van der Waals surface area contributed by atoms with E-state index >= 15 is 0 Å². The normalized spacial score (nSPS) is 10.4. The number of nitrogens with one attached hydrogen (secondary N) is 1. The van der Waals surface area contributed by atoms with Gasteiger partial charge in [-0.1, -0.05) is 23.7 Å². The number of benzene rings is 2. The molecule has 110 valence electrons. The summed E-state index contributed by atoms with van der Waals surface area (Å²) in [5.74, 6) is -0.867. The van der Waals surface area contributed by atoms with Crippen molar-refractivity contribution in [3.63, 3.8) is 0 Å². The Balaban J connectivity index is 1.81. The Labute approximate surface area is 126 Å². The summed E-state index contributed by atoms with van der Waals surface area (Å²) in [6, 6.07) is 11.2. The average molecular weight is 309 g/mol. The summed E-state index contributed by atoms with van der Waals surface area (Å²) in [6.45, 7) is 0.156. The Morgan fingerprint density at radius 3 is 2.81 bits per heavy atom. The molecular weight excluding hydrogens is 295 g/mol. The zero-order valence-electron chi connectivity index (χ0n) is 11.1. The van der Waals surface area contributed by atoms with Gasteiger partial charge in [0.1, 0.15) is 12.4 Å². The number of rotatable bonds is 5. The fourth-order valence-corrected chi connectivity index (χ4v) is 1.92. The van der Waals surface area contributed by atoms with E-state index in [1.165, 1.54) is 18.2 Å². The van der Waals surface area contributed by atoms with Crippen molar-refractivity contribution in [2.75, 3.05) is 17.7 Å². The minimum absolute atomic E-state index is 0.0207. The number of hydrogen-bond donors (Lipinski definition) is 2. The van der Waals surface area contributed by atoms with E-state index in [4.69, 9.17) is 22.1 Å². The third-order valence-corrected chi connectivity index (χ3v) is 2.91. The van der Waals surface area contributed by atoms with Gasteiger partial charge >= 0.3 is 0 Å². The summed E-state index contributed by atoms with van der Waals surface area (Å²) in [6.07, 6.45) is 0. The second-order valence-electron chi connectivity index (χ2n) is 4.41. The van der Waals surface area contributed by atoms with Crippen LogP contribution in [0.1, 0.15) is 5.56 Å². The second-order valence-corrected chi connectivity index (χ2v) is 4.84. The van der Waals surface area contributed by atoms with Gasteiger partial charge in [0.15, 0.2) is 0 Å². The minimum atomic E-state index is -0.523. The molecule has 0 spiro atoms. The van der Waals surface area contributed by atoms with E-state index in [0.29, 0.717) is 10.7 Å². The van der Waals surface area contributed by atoms with Crippen molar-refractivity contribution in [3.05, 3.63) is 58.9 Å². The summed E-state index contributed by atoms with van der Waals surface area (Å²) in [5.41, 5.74) is 6.69. The van der Waals surface area contributed by atoms with Gasteiger partial charge in [-0.3, -0.25) is 4.79 Å². The zero-order chi connectivity index (χ0) is 15.2. The topological polar surface area (TPSA) is 64.3 Å². The van der Waals surface area contributed by atoms with Gasteiger partial charge in [-0.25, -0.2) is 4.39 Å². The molecule has 0 aromatic heterocycles. The predicted octanol–water partition coefficient (Wildman–Crippen LogP) is 3.22. The van der Waals surface area contributed by atoms with E-state index in [2.05, 4.69) is 5.32 Å². The van der Waals surface area contributed by atoms with Gasteiger partial charge in [0.05, 0.1) is 12.3 Å². The number of amides is 1. The average Bonchev–Trinajstić information content (AvgIpc) is 2.43. The molecule has 0 fully saturated rings. The lowest BCUT2D eigenvalue weighted by Crippen LogP contribution is -2.18. The Bertz CT molecular complexity index is 649. The molecule has 0 aliphatic carbocycles. The fraction of sp³-hybridized carbons (Fsp3) is 0.133. The Hall–Kier alpha value is -2.11. The largest absolute Gasteiger partial charge is 0.396 e. The maximum atomic E-state index is 13.0. The van der Waals surface area contributed by atoms with Crippen LogP contribution in [-0.4, -0.2) is 12.5 Å². The zero-order valence-corrected chi connectivity index (χ0v) is 11.9. The first-order valence-corrected chi connectivity index (χ1v) is 6.59. The van der Waals surface area contributed by atoms with Crippen molar-refractivity contribution in [3.8, 4) is 0 Å². The van der Waals surface area contributed by atoms with E-state index < -0.39 is 5.82 Å². The van der Waals surface area contributed by atoms with Crippen LogP contribution in [0.25, 0.3) is 0 Å². The fourth-order valence-electron chi connectivity index (χ4n) is 1.71. The van der Waals surface area contributed by atoms with E-state index in [0.717, 1.165) is 5.56 Å². The van der Waals surface area contributed by atoms with Gasteiger partial charge in [0.2, 0.25) is 5.91 Å². The van der Waals surface area contributed by atoms with Crippen LogP contribution >= 0.6 is 11.6 Å². The molecular formula is C15H14ClFN2O2. The lowest BCUT2D eigenvalue weighted by Gasteiger charge is -2.07. The maximum absolute atomic E-state index is 13.0. The highest BCUT2D eigenvalue weighted by Gasteiger charge is 2.05. The molecule has 0 saturated carbocycles. The predicted molar refractivity (Wildman–Crippen MR) is 80.6 cm³/mol. The summed E-state index contributed by atoms with van der Waals surface area (Å²) in [4.78, 5) is 11.7. The van der Waals surface area contributed by atoms with Crippen LogP contribution in [0, 0.1) is 5.82 Å². The van der Waals surface area contributed by atoms with Crippen molar-refractivity contribution in [2.45, 2.75) is 6.61 Å². The van der Waals surface area contributed by atoms with Crippen LogP contribution in [-0.2, 0) is 16.1 Å². The molecule has 3 N–H and O–H groups in total. The molecule has 1 amide bonds. The summed E-state index contributed by atoms with van der Waals surface area (Å²) in [5, 5.41) is 3.18. The number of carbonyl (C=O) groups excluding carboxylic acids is 1. The number of nitrogens with two attached hydrogens (primary N) is 1. The first kappa shape index (κ1) is 15.3. The van der Waals surface area contributed by atoms with Crippen molar-refractivity contribution in [1.82, 2.24) is 0 Å². The van der Waals surface area contributed by atoms with Crippen LogP contribution < -0.4 is 11.1 Å². The summed E-state index contributed by atoms with van der Waals surface area (Å²) < 4.78 is 18.3. The molecule has 2 aromatic carbocycles. The lowest BCUT2D eigenvalue weighted by atomic mass is 10.2. The quantitative estimate of drug-likeness (QED) is 0.834. The third-order valence-electron chi connectivity index (χ3n) is 2.67. The number of carbonyl (C=O) groups is 1. The first-order valence-electron chi connectivity index (χ1n) is 6.21. The molecule has 21 heavy (non-hydrogen) atoms. The Morgan fingerprint density at radius 1 is 1.29 bits per heavy atom. The van der Waals surface area contributed by atoms with Crippen LogP contribution in [0.3, 0.4) is 0 Å². The number of nitrogen functional groups attached to an aromatic ring is 1. The summed E-state index contributed by atoms with van der Waals surface area (Å²) >= 11 is 5.84. The highest BCUT2D eigenvalue weighted by molar-refractivity contribution is 6.30. The standard InChI is InChI=1S/C15H14ClFN2O2/c16-11-3-1-2-10(6-11)8-21-9-15(20)19-12-4-5-13(17)14(18)7-12/h1-7H,8-9,18H2,(H,19,20). The molecule has 4 nitrogen and oxygen atoms in total. The van der Waals surface area contributed by atoms with Crippen LogP contribution in [0.2, 0.25) is 5.02 Å². The van der Waals surface area contributed by atoms with Gasteiger partial charge in [-0.15, -0.1) is 0 Å². The smallest absolute Gasteiger partial charge is 0.250 e. The van der Waals surface area contributed by atoms with Crippen LogP contribution in [0.4, 0.5) is 15.8 Å². The number of ether oxygens (including phenoxy) is 1. The van der Waals surface area contributed by atoms with Gasteiger partial charge in [0, 0.05) is 10.7 Å². The van der Waals surface area contributed by atoms with Crippen molar-refractivity contribution in [2.24, 2.45) is 0 Å². The van der Waals surface area contributed by atoms with E-state index in [1.54, 1.807) is 12.1 Å². The first-order chi connectivity index (χ1) is 10.0. The molecule has 0 atom stereocenters. The van der Waals surface area contributed by atoms with Gasteiger partial charge in [-0.2, -0.15) is 0 Å². The van der Waals surface area contributed by atoms with Crippen LogP contribution in [0.15, 0.2) is 42.5 Å². The molecule has 0 aliphatic rings. The van der Waals surface area contributed by atoms with Gasteiger partial charge in [0.25, 0.3) is 0 Å². The molecule has 0 bridgehead atoms. The maximum Gasteiger partial charge on any atom is 0.250 e. The van der Waals surface area contributed by atoms with Crippen LogP contribution in [0.5, 0.6) is 0 Å². The highest BCUT2D eigenvalue weighted by atomic mass is 35.5. The van der Waals surface area contributed by atoms with Gasteiger partial charge < -0.3 is 15.8 Å². The molecule has 0 radical (unpaired) electrons. The van der Waals surface area contributed by atoms with E-state index in [9.17, 15) is 9.18 Å². The van der Waals surface area contributed by atoms with Crippen molar-refractivity contribution >= 4 is 28.9 Å². The van der Waals surface area contributed by atoms with E-state index in [1.807, 2.05) is 12.1 Å². The molecule has 2 rings (SSSR count). The summed E-state index contributed by atoms with van der Waals surface area (Å²) in [7, 11) is 0. The molecule has 0 unspecified atom stereocenters. The number of anilines is 2. The SMILES string of the molecule is Nc1cc(NC(=O)COCc2cccc(Cl)c2)ccc1F. The Kier molecular flexibility index (Phi) is 5.14. The van der Waals surface area contributed by atoms with Gasteiger partial charge in [-0.05, 0) is 35.9 Å². The number of halogens is 2. The highest BCUT2D eigenvalue weighted by Crippen LogP contribution is 2.16. The second kappa shape index (κ2) is 7.06. The molecule has 2 aromatic rings. The monoisotopic (exact) mass is 308 g/mol. The Morgan fingerprint density at radius 2 is 2.10 bits per heavy atom. The molecule has 6 heteroatoms. The minimum Gasteiger partial charge on any atom is -0.396 e. The lowest BCUT2D eigenvalue weighted by molar-refractivity contribution is -0.121. The third kappa shape index (κ3) is 4.73. The van der Waals surface area contributed by atoms with E-state index in [-0.39, 0.29) is 24.8 Å².